The van der Waals surface area contributed by atoms with E-state index in [0.717, 1.165) is 11.1 Å². The number of hydrogen-bond acceptors (Lipinski definition) is 5. The van der Waals surface area contributed by atoms with Crippen LogP contribution < -0.4 is 4.74 Å². The van der Waals surface area contributed by atoms with Gasteiger partial charge in [0.1, 0.15) is 11.5 Å². The molecule has 3 aromatic rings. The number of aliphatic hydroxyl groups is 1. The Hall–Kier alpha value is -3.93. The molecule has 0 bridgehead atoms. The summed E-state index contributed by atoms with van der Waals surface area (Å²) in [6.07, 6.45) is 3.31. The van der Waals surface area contributed by atoms with Gasteiger partial charge >= 0.3 is 0 Å². The minimum absolute atomic E-state index is 0.0636. The lowest BCUT2D eigenvalue weighted by molar-refractivity contribution is -0.140. The summed E-state index contributed by atoms with van der Waals surface area (Å²) in [5.74, 6) is -1.01. The summed E-state index contributed by atoms with van der Waals surface area (Å²) in [4.78, 5) is 31.6. The van der Waals surface area contributed by atoms with Crippen molar-refractivity contribution in [3.63, 3.8) is 0 Å². The van der Waals surface area contributed by atoms with Crippen molar-refractivity contribution in [2.24, 2.45) is 0 Å². The molecule has 1 amide bonds. The largest absolute Gasteiger partial charge is 0.507 e. The number of ketones is 1. The van der Waals surface area contributed by atoms with Crippen LogP contribution in [0.15, 0.2) is 84.7 Å². The zero-order chi connectivity index (χ0) is 21.8. The van der Waals surface area contributed by atoms with Crippen molar-refractivity contribution in [3.05, 3.63) is 101 Å². The molecule has 6 nitrogen and oxygen atoms in total. The second kappa shape index (κ2) is 8.83. The number of aliphatic hydroxyl groups excluding tert-OH is 1. The lowest BCUT2D eigenvalue weighted by Crippen LogP contribution is -2.29. The number of rotatable bonds is 6. The minimum atomic E-state index is -0.711. The van der Waals surface area contributed by atoms with E-state index < -0.39 is 17.7 Å². The topological polar surface area (TPSA) is 79.7 Å². The first-order valence-electron chi connectivity index (χ1n) is 10.1. The molecule has 2 aromatic carbocycles. The smallest absolute Gasteiger partial charge is 0.295 e. The van der Waals surface area contributed by atoms with Crippen LogP contribution >= 0.6 is 0 Å². The molecule has 1 N–H and O–H groups in total. The van der Waals surface area contributed by atoms with Gasteiger partial charge in [0.25, 0.3) is 11.7 Å². The maximum absolute atomic E-state index is 13.1. The predicted molar refractivity (Wildman–Crippen MR) is 116 cm³/mol. The average Bonchev–Trinajstić information content (AvgIpc) is 3.05. The third kappa shape index (κ3) is 4.05. The summed E-state index contributed by atoms with van der Waals surface area (Å²) in [6.45, 7) is 2.55. The number of Topliss-reactive ketones (excluding diaryl/α,β-unsaturated/α-hetero) is 1. The Balaban J connectivity index is 1.83. The van der Waals surface area contributed by atoms with Gasteiger partial charge in [-0.1, -0.05) is 48.5 Å². The maximum Gasteiger partial charge on any atom is 0.295 e. The van der Waals surface area contributed by atoms with Gasteiger partial charge in [-0.25, -0.2) is 0 Å². The first-order valence-corrected chi connectivity index (χ1v) is 10.1. The summed E-state index contributed by atoms with van der Waals surface area (Å²) in [7, 11) is 0. The first kappa shape index (κ1) is 20.3. The number of ether oxygens (including phenoxy) is 1. The Morgan fingerprint density at radius 1 is 1.06 bits per heavy atom. The van der Waals surface area contributed by atoms with Crippen molar-refractivity contribution in [2.45, 2.75) is 19.5 Å². The van der Waals surface area contributed by atoms with E-state index in [1.54, 1.807) is 42.7 Å². The number of carbonyl (C=O) groups excluding carboxylic acids is 2. The fourth-order valence-electron chi connectivity index (χ4n) is 3.77. The van der Waals surface area contributed by atoms with E-state index in [1.807, 2.05) is 43.3 Å². The molecule has 1 aliphatic rings. The maximum atomic E-state index is 13.1. The number of pyridine rings is 1. The van der Waals surface area contributed by atoms with Gasteiger partial charge in [0.15, 0.2) is 0 Å². The van der Waals surface area contributed by atoms with Crippen molar-refractivity contribution in [1.82, 2.24) is 9.88 Å². The monoisotopic (exact) mass is 414 g/mol. The van der Waals surface area contributed by atoms with E-state index in [0.29, 0.717) is 17.9 Å². The number of benzene rings is 2. The van der Waals surface area contributed by atoms with E-state index >= 15 is 0 Å². The first-order chi connectivity index (χ1) is 15.1. The molecule has 0 saturated carbocycles. The molecule has 1 unspecified atom stereocenters. The number of aromatic nitrogens is 1. The van der Waals surface area contributed by atoms with Gasteiger partial charge in [-0.3, -0.25) is 14.6 Å². The number of likely N-dealkylation sites (tertiary alicyclic amines) is 1. The number of amides is 1. The standard InChI is InChI=1S/C25H22N2O4/c1-2-31-20-12-6-11-19(14-20)23(28)21-22(18-9-4-3-5-10-18)27(25(30)24(21)29)16-17-8-7-13-26-15-17/h3-15,22,28H,2,16H2,1H3/b23-21+. The molecule has 1 saturated heterocycles. The van der Waals surface area contributed by atoms with Crippen LogP contribution in [0.1, 0.15) is 29.7 Å². The molecule has 0 spiro atoms. The molecule has 1 fully saturated rings. The van der Waals surface area contributed by atoms with Gasteiger partial charge in [0.05, 0.1) is 18.2 Å². The summed E-state index contributed by atoms with van der Waals surface area (Å²) in [6, 6.07) is 19.0. The van der Waals surface area contributed by atoms with Crippen LogP contribution in [0.4, 0.5) is 0 Å². The fraction of sp³-hybridized carbons (Fsp3) is 0.160. The molecule has 6 heteroatoms. The molecule has 2 heterocycles. The molecule has 1 aliphatic heterocycles. The normalized spacial score (nSPS) is 17.7. The number of carbonyl (C=O) groups is 2. The van der Waals surface area contributed by atoms with E-state index in [2.05, 4.69) is 4.98 Å². The minimum Gasteiger partial charge on any atom is -0.507 e. The molecular weight excluding hydrogens is 392 g/mol. The van der Waals surface area contributed by atoms with Crippen LogP contribution in [-0.2, 0) is 16.1 Å². The Bertz CT molecular complexity index is 1130. The molecule has 0 radical (unpaired) electrons. The lowest BCUT2D eigenvalue weighted by Gasteiger charge is -2.25. The van der Waals surface area contributed by atoms with E-state index in [-0.39, 0.29) is 17.9 Å². The fourth-order valence-corrected chi connectivity index (χ4v) is 3.77. The van der Waals surface area contributed by atoms with Gasteiger partial charge < -0.3 is 14.7 Å². The zero-order valence-electron chi connectivity index (χ0n) is 17.1. The van der Waals surface area contributed by atoms with Gasteiger partial charge in [-0.05, 0) is 36.2 Å². The van der Waals surface area contributed by atoms with Gasteiger partial charge in [-0.2, -0.15) is 0 Å². The highest BCUT2D eigenvalue weighted by Gasteiger charge is 2.46. The molecule has 1 aromatic heterocycles. The van der Waals surface area contributed by atoms with Crippen LogP contribution in [0.3, 0.4) is 0 Å². The van der Waals surface area contributed by atoms with Gasteiger partial charge in [0, 0.05) is 24.5 Å². The van der Waals surface area contributed by atoms with Crippen molar-refractivity contribution in [2.75, 3.05) is 6.61 Å². The van der Waals surface area contributed by atoms with E-state index in [9.17, 15) is 14.7 Å². The molecular formula is C25H22N2O4. The third-order valence-electron chi connectivity index (χ3n) is 5.15. The Morgan fingerprint density at radius 3 is 2.58 bits per heavy atom. The van der Waals surface area contributed by atoms with Crippen LogP contribution in [0, 0.1) is 0 Å². The Kier molecular flexibility index (Phi) is 5.80. The number of nitrogens with zero attached hydrogens (tertiary/aromatic N) is 2. The summed E-state index contributed by atoms with van der Waals surface area (Å²) in [5.41, 5.74) is 2.02. The average molecular weight is 414 g/mol. The van der Waals surface area contributed by atoms with Crippen molar-refractivity contribution < 1.29 is 19.4 Å². The van der Waals surface area contributed by atoms with Crippen molar-refractivity contribution in [1.29, 1.82) is 0 Å². The van der Waals surface area contributed by atoms with Crippen LogP contribution in [-0.4, -0.2) is 33.3 Å². The quantitative estimate of drug-likeness (QED) is 0.373. The van der Waals surface area contributed by atoms with Crippen LogP contribution in [0.25, 0.3) is 5.76 Å². The van der Waals surface area contributed by atoms with Crippen LogP contribution in [0.5, 0.6) is 5.75 Å². The SMILES string of the molecule is CCOc1cccc(/C(O)=C2\C(=O)C(=O)N(Cc3cccnc3)C2c2ccccc2)c1. The summed E-state index contributed by atoms with van der Waals surface area (Å²) in [5, 5.41) is 11.1. The highest BCUT2D eigenvalue weighted by atomic mass is 16.5. The second-order valence-corrected chi connectivity index (χ2v) is 7.16. The Labute approximate surface area is 180 Å². The summed E-state index contributed by atoms with van der Waals surface area (Å²) < 4.78 is 5.52. The molecule has 0 aliphatic carbocycles. The third-order valence-corrected chi connectivity index (χ3v) is 5.15. The van der Waals surface area contributed by atoms with E-state index in [1.165, 1.54) is 4.90 Å². The second-order valence-electron chi connectivity index (χ2n) is 7.16. The lowest BCUT2D eigenvalue weighted by atomic mass is 9.95. The van der Waals surface area contributed by atoms with Crippen LogP contribution in [0.2, 0.25) is 0 Å². The molecule has 4 rings (SSSR count). The molecule has 31 heavy (non-hydrogen) atoms. The number of hydrogen-bond donors (Lipinski definition) is 1. The highest BCUT2D eigenvalue weighted by molar-refractivity contribution is 6.46. The highest BCUT2D eigenvalue weighted by Crippen LogP contribution is 2.40. The summed E-state index contributed by atoms with van der Waals surface area (Å²) >= 11 is 0. The van der Waals surface area contributed by atoms with Gasteiger partial charge in [0.2, 0.25) is 0 Å². The van der Waals surface area contributed by atoms with E-state index in [4.69, 9.17) is 4.74 Å². The van der Waals surface area contributed by atoms with Crippen molar-refractivity contribution >= 4 is 17.4 Å². The zero-order valence-corrected chi connectivity index (χ0v) is 17.1. The molecule has 156 valence electrons. The Morgan fingerprint density at radius 2 is 1.87 bits per heavy atom. The van der Waals surface area contributed by atoms with Gasteiger partial charge in [-0.15, -0.1) is 0 Å². The molecule has 1 atom stereocenters. The van der Waals surface area contributed by atoms with Crippen molar-refractivity contribution in [3.8, 4) is 5.75 Å². The predicted octanol–water partition coefficient (Wildman–Crippen LogP) is 4.10.